The molecule has 2 aromatic carbocycles. The Morgan fingerprint density at radius 1 is 0.900 bits per heavy atom. The summed E-state index contributed by atoms with van der Waals surface area (Å²) >= 11 is 0. The highest BCUT2D eigenvalue weighted by atomic mass is 16.6. The molecule has 0 saturated heterocycles. The number of aliphatic hydroxyl groups excluding tert-OH is 2. The average molecular weight is 410 g/mol. The summed E-state index contributed by atoms with van der Waals surface area (Å²) in [7, 11) is 0. The van der Waals surface area contributed by atoms with Crippen LogP contribution in [0.2, 0.25) is 0 Å². The molecule has 0 aromatic heterocycles. The predicted octanol–water partition coefficient (Wildman–Crippen LogP) is 3.95. The summed E-state index contributed by atoms with van der Waals surface area (Å²) in [4.78, 5) is 25.8. The molecule has 2 aromatic rings. The van der Waals surface area contributed by atoms with Crippen molar-refractivity contribution < 1.29 is 29.6 Å². The summed E-state index contributed by atoms with van der Waals surface area (Å²) in [6, 6.07) is 15.1. The molecule has 0 bridgehead atoms. The average Bonchev–Trinajstić information content (AvgIpc) is 2.76. The van der Waals surface area contributed by atoms with Crippen LogP contribution in [0.5, 0.6) is 5.75 Å². The molecule has 2 unspecified atom stereocenters. The van der Waals surface area contributed by atoms with E-state index in [9.17, 15) is 24.9 Å². The molecule has 0 aliphatic carbocycles. The Labute approximate surface area is 175 Å². The smallest absolute Gasteiger partial charge is 0.339 e. The van der Waals surface area contributed by atoms with Crippen LogP contribution in [0.4, 0.5) is 0 Å². The van der Waals surface area contributed by atoms with Crippen molar-refractivity contribution in [2.24, 2.45) is 5.92 Å². The van der Waals surface area contributed by atoms with Crippen molar-refractivity contribution in [3.05, 3.63) is 77.1 Å². The van der Waals surface area contributed by atoms with Gasteiger partial charge in [0.15, 0.2) is 11.9 Å². The van der Waals surface area contributed by atoms with Gasteiger partial charge in [-0.05, 0) is 36.1 Å². The number of rotatable bonds is 7. The Morgan fingerprint density at radius 2 is 1.53 bits per heavy atom. The van der Waals surface area contributed by atoms with Gasteiger partial charge < -0.3 is 20.1 Å². The second kappa shape index (κ2) is 9.13. The molecule has 1 aliphatic rings. The molecule has 0 saturated carbocycles. The van der Waals surface area contributed by atoms with E-state index in [1.165, 1.54) is 12.1 Å². The third-order valence-corrected chi connectivity index (χ3v) is 5.66. The topological polar surface area (TPSA) is 104 Å². The Balaban J connectivity index is 1.94. The third-order valence-electron chi connectivity index (χ3n) is 5.66. The minimum atomic E-state index is -1.27. The first-order valence-electron chi connectivity index (χ1n) is 10.1. The molecule has 3 rings (SSSR count). The normalized spacial score (nSPS) is 19.9. The van der Waals surface area contributed by atoms with Crippen LogP contribution in [0.1, 0.15) is 49.8 Å². The van der Waals surface area contributed by atoms with E-state index in [0.29, 0.717) is 24.0 Å². The second-order valence-corrected chi connectivity index (χ2v) is 7.43. The van der Waals surface area contributed by atoms with E-state index in [1.54, 1.807) is 43.3 Å². The lowest BCUT2D eigenvalue weighted by Crippen LogP contribution is -2.43. The fourth-order valence-corrected chi connectivity index (χ4v) is 4.00. The van der Waals surface area contributed by atoms with Crippen LogP contribution in [0.25, 0.3) is 0 Å². The van der Waals surface area contributed by atoms with Crippen molar-refractivity contribution in [3.8, 4) is 5.75 Å². The maximum atomic E-state index is 13.0. The van der Waals surface area contributed by atoms with Gasteiger partial charge in [-0.2, -0.15) is 0 Å². The number of hydrogen-bond donors (Lipinski definition) is 3. The standard InChI is InChI=1S/C24H26O6/c1-3-17(14-10-12-16(25)13-11-14)19-21(27)22(28)23(30-24(19)29)18(4-2)20(26)15-8-6-5-7-9-15/h5-13,17-18,20,23,25-27H,3-4H2,1-2H3/t17?,18?,20-,23+/m0/s1. The van der Waals surface area contributed by atoms with Crippen LogP contribution in [0, 0.1) is 5.92 Å². The zero-order valence-corrected chi connectivity index (χ0v) is 17.0. The maximum absolute atomic E-state index is 13.0. The molecule has 6 heteroatoms. The second-order valence-electron chi connectivity index (χ2n) is 7.43. The summed E-state index contributed by atoms with van der Waals surface area (Å²) in [6.45, 7) is 3.62. The molecule has 0 fully saturated rings. The van der Waals surface area contributed by atoms with Gasteiger partial charge in [-0.15, -0.1) is 0 Å². The largest absolute Gasteiger partial charge is 0.508 e. The van der Waals surface area contributed by atoms with Gasteiger partial charge in [-0.1, -0.05) is 56.3 Å². The summed E-state index contributed by atoms with van der Waals surface area (Å²) in [5.74, 6) is -3.26. The fraction of sp³-hybridized carbons (Fsp3) is 0.333. The number of aliphatic hydroxyl groups is 2. The number of carbonyl (C=O) groups is 2. The van der Waals surface area contributed by atoms with Crippen LogP contribution in [0.15, 0.2) is 65.9 Å². The van der Waals surface area contributed by atoms with E-state index < -0.39 is 41.6 Å². The number of aromatic hydroxyl groups is 1. The zero-order valence-electron chi connectivity index (χ0n) is 17.0. The molecule has 4 atom stereocenters. The van der Waals surface area contributed by atoms with Crippen molar-refractivity contribution in [3.63, 3.8) is 0 Å². The van der Waals surface area contributed by atoms with Crippen LogP contribution in [-0.4, -0.2) is 33.2 Å². The summed E-state index contributed by atoms with van der Waals surface area (Å²) in [5.41, 5.74) is 1.20. The van der Waals surface area contributed by atoms with Gasteiger partial charge in [-0.3, -0.25) is 4.79 Å². The number of benzene rings is 2. The van der Waals surface area contributed by atoms with Gasteiger partial charge in [0.05, 0.1) is 11.7 Å². The molecule has 6 nitrogen and oxygen atoms in total. The van der Waals surface area contributed by atoms with E-state index in [0.717, 1.165) is 0 Å². The molecule has 1 aliphatic heterocycles. The number of phenols is 1. The van der Waals surface area contributed by atoms with E-state index in [1.807, 2.05) is 13.0 Å². The number of phenolic OH excluding ortho intramolecular Hbond substituents is 1. The molecular formula is C24H26O6. The van der Waals surface area contributed by atoms with Gasteiger partial charge in [0, 0.05) is 11.8 Å². The highest BCUT2D eigenvalue weighted by molar-refractivity contribution is 6.09. The van der Waals surface area contributed by atoms with Gasteiger partial charge in [0.25, 0.3) is 0 Å². The predicted molar refractivity (Wildman–Crippen MR) is 111 cm³/mol. The number of cyclic esters (lactones) is 1. The number of esters is 1. The van der Waals surface area contributed by atoms with Crippen molar-refractivity contribution in [2.75, 3.05) is 0 Å². The maximum Gasteiger partial charge on any atom is 0.339 e. The van der Waals surface area contributed by atoms with E-state index in [4.69, 9.17) is 4.74 Å². The van der Waals surface area contributed by atoms with Crippen LogP contribution >= 0.6 is 0 Å². The summed E-state index contributed by atoms with van der Waals surface area (Å²) < 4.78 is 5.49. The molecule has 0 amide bonds. The van der Waals surface area contributed by atoms with Gasteiger partial charge in [0.2, 0.25) is 5.78 Å². The van der Waals surface area contributed by atoms with Crippen molar-refractivity contribution >= 4 is 11.8 Å². The summed E-state index contributed by atoms with van der Waals surface area (Å²) in [6.07, 6.45) is -1.47. The quantitative estimate of drug-likeness (QED) is 0.597. The highest BCUT2D eigenvalue weighted by Gasteiger charge is 2.45. The Morgan fingerprint density at radius 3 is 2.10 bits per heavy atom. The third kappa shape index (κ3) is 4.09. The van der Waals surface area contributed by atoms with Gasteiger partial charge in [-0.25, -0.2) is 4.79 Å². The molecular weight excluding hydrogens is 384 g/mol. The SMILES string of the molecule is CCC(C1=C(O)C(=O)[C@@H](C(CC)[C@@H](O)c2ccccc2)OC1=O)c1ccc(O)cc1. The molecule has 158 valence electrons. The molecule has 0 radical (unpaired) electrons. The monoisotopic (exact) mass is 410 g/mol. The highest BCUT2D eigenvalue weighted by Crippen LogP contribution is 2.38. The van der Waals surface area contributed by atoms with Crippen molar-refractivity contribution in [1.82, 2.24) is 0 Å². The number of ether oxygens (including phenoxy) is 1. The number of hydrogen-bond acceptors (Lipinski definition) is 6. The lowest BCUT2D eigenvalue weighted by atomic mass is 9.81. The number of Topliss-reactive ketones (excluding diaryl/α,β-unsaturated/α-hetero) is 1. The van der Waals surface area contributed by atoms with Crippen LogP contribution in [0.3, 0.4) is 0 Å². The number of carbonyl (C=O) groups excluding carboxylic acids is 2. The van der Waals surface area contributed by atoms with Crippen LogP contribution < -0.4 is 0 Å². The van der Waals surface area contributed by atoms with Gasteiger partial charge in [0.1, 0.15) is 5.75 Å². The fourth-order valence-electron chi connectivity index (χ4n) is 4.00. The van der Waals surface area contributed by atoms with Gasteiger partial charge >= 0.3 is 5.97 Å². The summed E-state index contributed by atoms with van der Waals surface area (Å²) in [5, 5.41) is 31.0. The zero-order chi connectivity index (χ0) is 21.8. The van der Waals surface area contributed by atoms with E-state index in [-0.39, 0.29) is 11.3 Å². The minimum Gasteiger partial charge on any atom is -0.508 e. The van der Waals surface area contributed by atoms with E-state index in [2.05, 4.69) is 0 Å². The molecule has 1 heterocycles. The first kappa shape index (κ1) is 21.6. The molecule has 30 heavy (non-hydrogen) atoms. The molecule has 3 N–H and O–H groups in total. The van der Waals surface area contributed by atoms with Crippen LogP contribution in [-0.2, 0) is 14.3 Å². The lowest BCUT2D eigenvalue weighted by Gasteiger charge is -2.33. The van der Waals surface area contributed by atoms with Crippen molar-refractivity contribution in [1.29, 1.82) is 0 Å². The molecule has 0 spiro atoms. The first-order valence-corrected chi connectivity index (χ1v) is 10.1. The van der Waals surface area contributed by atoms with E-state index >= 15 is 0 Å². The number of ketones is 1. The first-order chi connectivity index (χ1) is 14.4. The van der Waals surface area contributed by atoms with Crippen molar-refractivity contribution in [2.45, 2.75) is 44.8 Å². The Bertz CT molecular complexity index is 932. The minimum absolute atomic E-state index is 0.0786. The Kier molecular flexibility index (Phi) is 6.57. The lowest BCUT2D eigenvalue weighted by molar-refractivity contribution is -0.161. The Hall–Kier alpha value is -3.12.